The van der Waals surface area contributed by atoms with Gasteiger partial charge in [0.15, 0.2) is 5.13 Å². The van der Waals surface area contributed by atoms with Crippen molar-refractivity contribution in [3.63, 3.8) is 0 Å². The highest BCUT2D eigenvalue weighted by Crippen LogP contribution is 2.33. The number of hydrogen-bond acceptors (Lipinski definition) is 6. The van der Waals surface area contributed by atoms with Crippen LogP contribution in [0.2, 0.25) is 0 Å². The van der Waals surface area contributed by atoms with Gasteiger partial charge in [0.25, 0.3) is 5.91 Å². The van der Waals surface area contributed by atoms with Gasteiger partial charge < -0.3 is 4.90 Å². The van der Waals surface area contributed by atoms with Crippen LogP contribution in [0.1, 0.15) is 15.2 Å². The lowest BCUT2D eigenvalue weighted by Crippen LogP contribution is -2.22. The second kappa shape index (κ2) is 6.43. The summed E-state index contributed by atoms with van der Waals surface area (Å²) in [7, 11) is 3.90. The van der Waals surface area contributed by atoms with Crippen LogP contribution in [0.15, 0.2) is 36.4 Å². The van der Waals surface area contributed by atoms with Crippen molar-refractivity contribution in [2.45, 2.75) is 6.61 Å². The minimum absolute atomic E-state index is 0.238. The first-order valence-corrected chi connectivity index (χ1v) is 8.30. The van der Waals surface area contributed by atoms with Gasteiger partial charge in [0.1, 0.15) is 4.83 Å². The van der Waals surface area contributed by atoms with E-state index < -0.39 is 0 Å². The molecule has 0 saturated heterocycles. The van der Waals surface area contributed by atoms with Gasteiger partial charge in [0.2, 0.25) is 0 Å². The Morgan fingerprint density at radius 2 is 2.05 bits per heavy atom. The van der Waals surface area contributed by atoms with E-state index in [4.69, 9.17) is 4.84 Å². The maximum Gasteiger partial charge on any atom is 0.285 e. The molecule has 1 aromatic carbocycles. The predicted molar refractivity (Wildman–Crippen MR) is 90.5 cm³/mol. The molecule has 0 fully saturated rings. The van der Waals surface area contributed by atoms with Crippen LogP contribution in [-0.2, 0) is 11.4 Å². The number of amides is 1. The van der Waals surface area contributed by atoms with Gasteiger partial charge >= 0.3 is 0 Å². The summed E-state index contributed by atoms with van der Waals surface area (Å²) >= 11 is 2.94. The van der Waals surface area contributed by atoms with Gasteiger partial charge in [-0.3, -0.25) is 9.63 Å². The zero-order valence-corrected chi connectivity index (χ0v) is 13.8. The molecule has 3 aromatic rings. The Morgan fingerprint density at radius 1 is 1.27 bits per heavy atom. The molecule has 3 rings (SSSR count). The van der Waals surface area contributed by atoms with Gasteiger partial charge in [-0.1, -0.05) is 41.7 Å². The van der Waals surface area contributed by atoms with Crippen LogP contribution in [0.25, 0.3) is 9.53 Å². The molecule has 0 aliphatic carbocycles. The zero-order chi connectivity index (χ0) is 15.5. The maximum atomic E-state index is 12.1. The van der Waals surface area contributed by atoms with E-state index in [-0.39, 0.29) is 5.91 Å². The molecule has 0 spiro atoms. The van der Waals surface area contributed by atoms with Gasteiger partial charge in [0.05, 0.1) is 16.2 Å². The molecule has 2 aromatic heterocycles. The molecule has 0 unspecified atom stereocenters. The number of thiophene rings is 1. The van der Waals surface area contributed by atoms with E-state index >= 15 is 0 Å². The van der Waals surface area contributed by atoms with E-state index in [1.165, 1.54) is 11.3 Å². The molecule has 114 valence electrons. The number of nitrogens with zero attached hydrogens (tertiary/aromatic N) is 2. The third-order valence-electron chi connectivity index (χ3n) is 2.93. The van der Waals surface area contributed by atoms with Crippen molar-refractivity contribution in [3.05, 3.63) is 46.8 Å². The first kappa shape index (κ1) is 15.0. The number of anilines is 1. The molecule has 22 heavy (non-hydrogen) atoms. The quantitative estimate of drug-likeness (QED) is 0.728. The third kappa shape index (κ3) is 3.27. The molecule has 2 heterocycles. The molecule has 0 radical (unpaired) electrons. The Kier molecular flexibility index (Phi) is 4.37. The van der Waals surface area contributed by atoms with E-state index in [0.717, 1.165) is 20.2 Å². The van der Waals surface area contributed by atoms with E-state index in [1.54, 1.807) is 11.3 Å². The molecule has 1 amide bonds. The highest BCUT2D eigenvalue weighted by molar-refractivity contribution is 7.29. The second-order valence-electron chi connectivity index (χ2n) is 4.88. The highest BCUT2D eigenvalue weighted by Gasteiger charge is 2.14. The van der Waals surface area contributed by atoms with E-state index in [0.29, 0.717) is 11.5 Å². The van der Waals surface area contributed by atoms with Gasteiger partial charge in [-0.15, -0.1) is 11.3 Å². The average molecular weight is 333 g/mol. The summed E-state index contributed by atoms with van der Waals surface area (Å²) in [6.45, 7) is 0.343. The Morgan fingerprint density at radius 3 is 2.73 bits per heavy atom. The van der Waals surface area contributed by atoms with Crippen molar-refractivity contribution in [1.29, 1.82) is 0 Å². The summed E-state index contributed by atoms with van der Waals surface area (Å²) in [6.07, 6.45) is 0. The normalized spacial score (nSPS) is 10.8. The van der Waals surface area contributed by atoms with E-state index in [9.17, 15) is 4.79 Å². The molecule has 0 bridgehead atoms. The fraction of sp³-hybridized carbons (Fsp3) is 0.200. The van der Waals surface area contributed by atoms with Gasteiger partial charge in [0, 0.05) is 14.1 Å². The average Bonchev–Trinajstić information content (AvgIpc) is 3.06. The number of rotatable bonds is 5. The van der Waals surface area contributed by atoms with Gasteiger partial charge in [-0.2, -0.15) is 0 Å². The molecule has 0 saturated carbocycles. The van der Waals surface area contributed by atoms with Crippen LogP contribution in [0.3, 0.4) is 0 Å². The smallest absolute Gasteiger partial charge is 0.285 e. The van der Waals surface area contributed by atoms with Crippen LogP contribution in [0, 0.1) is 0 Å². The van der Waals surface area contributed by atoms with Crippen molar-refractivity contribution in [2.24, 2.45) is 0 Å². The Hall–Kier alpha value is -1.96. The third-order valence-corrected chi connectivity index (χ3v) is 5.26. The summed E-state index contributed by atoms with van der Waals surface area (Å²) in [6, 6.07) is 11.5. The molecule has 7 heteroatoms. The van der Waals surface area contributed by atoms with E-state index in [1.807, 2.05) is 55.4 Å². The summed E-state index contributed by atoms with van der Waals surface area (Å²) in [4.78, 5) is 25.2. The van der Waals surface area contributed by atoms with E-state index in [2.05, 4.69) is 10.5 Å². The number of thiazole rings is 1. The van der Waals surface area contributed by atoms with Crippen LogP contribution < -0.4 is 10.4 Å². The molecule has 1 N–H and O–H groups in total. The monoisotopic (exact) mass is 333 g/mol. The van der Waals surface area contributed by atoms with Crippen LogP contribution >= 0.6 is 22.7 Å². The molecular formula is C15H15N3O2S2. The van der Waals surface area contributed by atoms with Crippen molar-refractivity contribution in [3.8, 4) is 0 Å². The fourth-order valence-corrected chi connectivity index (χ4v) is 3.86. The summed E-state index contributed by atoms with van der Waals surface area (Å²) in [5.41, 5.74) is 3.48. The van der Waals surface area contributed by atoms with Crippen LogP contribution in [0.4, 0.5) is 5.13 Å². The number of nitrogens with one attached hydrogen (secondary N) is 1. The van der Waals surface area contributed by atoms with Crippen molar-refractivity contribution in [2.75, 3.05) is 19.0 Å². The Labute approximate surface area is 136 Å². The minimum atomic E-state index is -0.238. The zero-order valence-electron chi connectivity index (χ0n) is 12.2. The largest absolute Gasteiger partial charge is 0.354 e. The number of hydroxylamine groups is 1. The molecule has 0 aliphatic rings. The summed E-state index contributed by atoms with van der Waals surface area (Å²) in [5.74, 6) is -0.238. The molecule has 0 aliphatic heterocycles. The van der Waals surface area contributed by atoms with Crippen molar-refractivity contribution in [1.82, 2.24) is 10.5 Å². The van der Waals surface area contributed by atoms with Crippen LogP contribution in [0.5, 0.6) is 0 Å². The topological polar surface area (TPSA) is 54.5 Å². The number of benzene rings is 1. The van der Waals surface area contributed by atoms with Crippen molar-refractivity contribution >= 4 is 43.2 Å². The lowest BCUT2D eigenvalue weighted by Gasteiger charge is -2.05. The summed E-state index contributed by atoms with van der Waals surface area (Å²) in [5, 5.41) is 0.938. The predicted octanol–water partition coefficient (Wildman–Crippen LogP) is 3.29. The molecule has 0 atom stereocenters. The Balaban J connectivity index is 1.61. The first-order valence-electron chi connectivity index (χ1n) is 6.67. The minimum Gasteiger partial charge on any atom is -0.354 e. The van der Waals surface area contributed by atoms with Gasteiger partial charge in [-0.25, -0.2) is 10.5 Å². The van der Waals surface area contributed by atoms with Gasteiger partial charge in [-0.05, 0) is 11.6 Å². The number of aromatic nitrogens is 1. The SMILES string of the molecule is CN(C)c1nc2sc(C(=O)NOCc3ccccc3)cc2s1. The maximum absolute atomic E-state index is 12.1. The molecule has 5 nitrogen and oxygen atoms in total. The highest BCUT2D eigenvalue weighted by atomic mass is 32.1. The number of hydrogen-bond donors (Lipinski definition) is 1. The standard InChI is InChI=1S/C15H15N3O2S2/c1-18(2)15-16-14-12(22-15)8-11(21-14)13(19)17-20-9-10-6-4-3-5-7-10/h3-8H,9H2,1-2H3,(H,17,19). The lowest BCUT2D eigenvalue weighted by atomic mass is 10.2. The summed E-state index contributed by atoms with van der Waals surface area (Å²) < 4.78 is 1.02. The fourth-order valence-electron chi connectivity index (χ4n) is 1.84. The number of carbonyl (C=O) groups excluding carboxylic acids is 1. The van der Waals surface area contributed by atoms with Crippen molar-refractivity contribution < 1.29 is 9.63 Å². The number of fused-ring (bicyclic) bond motifs is 1. The van der Waals surface area contributed by atoms with Crippen LogP contribution in [-0.4, -0.2) is 25.0 Å². The molecular weight excluding hydrogens is 318 g/mol. The second-order valence-corrected chi connectivity index (χ2v) is 6.92. The Bertz CT molecular complexity index is 749. The number of carbonyl (C=O) groups is 1. The first-order chi connectivity index (χ1) is 10.6. The lowest BCUT2D eigenvalue weighted by molar-refractivity contribution is 0.0237.